The molecule has 0 fully saturated rings. The minimum absolute atomic E-state index is 0.110. The van der Waals surface area contributed by atoms with Gasteiger partial charge in [-0.3, -0.25) is 4.79 Å². The van der Waals surface area contributed by atoms with Crippen molar-refractivity contribution in [1.29, 1.82) is 0 Å². The zero-order valence-corrected chi connectivity index (χ0v) is 14.4. The maximum Gasteiger partial charge on any atom is 0.230 e. The molecule has 0 aliphatic rings. The summed E-state index contributed by atoms with van der Waals surface area (Å²) in [7, 11) is 0. The number of benzene rings is 2. The van der Waals surface area contributed by atoms with Gasteiger partial charge < -0.3 is 10.3 Å². The minimum atomic E-state index is -0.339. The van der Waals surface area contributed by atoms with Gasteiger partial charge in [0.25, 0.3) is 0 Å². The predicted molar refractivity (Wildman–Crippen MR) is 98.2 cm³/mol. The first kappa shape index (κ1) is 16.5. The Bertz CT molecular complexity index is 1080. The van der Waals surface area contributed by atoms with E-state index in [4.69, 9.17) is 0 Å². The second-order valence-electron chi connectivity index (χ2n) is 5.66. The maximum atomic E-state index is 13.4. The fraction of sp³-hybridized carbons (Fsp3) is 0.111. The van der Waals surface area contributed by atoms with Crippen molar-refractivity contribution in [1.82, 2.24) is 25.5 Å². The van der Waals surface area contributed by atoms with E-state index in [1.54, 1.807) is 6.07 Å². The van der Waals surface area contributed by atoms with E-state index in [1.165, 1.54) is 23.9 Å². The first-order valence-electron chi connectivity index (χ1n) is 7.94. The third-order valence-corrected chi connectivity index (χ3v) is 4.66. The molecule has 2 heterocycles. The normalized spacial score (nSPS) is 11.1. The fourth-order valence-corrected chi connectivity index (χ4v) is 3.18. The van der Waals surface area contributed by atoms with E-state index in [2.05, 4.69) is 25.5 Å². The summed E-state index contributed by atoms with van der Waals surface area (Å²) >= 11 is 1.20. The van der Waals surface area contributed by atoms with Crippen LogP contribution in [0.2, 0.25) is 0 Å². The van der Waals surface area contributed by atoms with Crippen LogP contribution in [0.5, 0.6) is 0 Å². The highest BCUT2D eigenvalue weighted by Gasteiger charge is 2.11. The van der Waals surface area contributed by atoms with Crippen molar-refractivity contribution in [2.45, 2.75) is 11.7 Å². The van der Waals surface area contributed by atoms with Gasteiger partial charge in [0.2, 0.25) is 11.1 Å². The molecule has 0 aliphatic heterocycles. The summed E-state index contributed by atoms with van der Waals surface area (Å²) in [5, 5.41) is 12.0. The van der Waals surface area contributed by atoms with Gasteiger partial charge in [-0.05, 0) is 23.8 Å². The SMILES string of the molecule is O=C(CSc1nnc2c(n1)[nH]c1ccc(F)cc12)NCc1ccccc1. The van der Waals surface area contributed by atoms with Crippen molar-refractivity contribution >= 4 is 39.7 Å². The first-order chi connectivity index (χ1) is 12.7. The van der Waals surface area contributed by atoms with E-state index >= 15 is 0 Å². The van der Waals surface area contributed by atoms with E-state index in [1.807, 2.05) is 30.3 Å². The molecule has 0 atom stereocenters. The molecule has 2 aromatic carbocycles. The zero-order valence-electron chi connectivity index (χ0n) is 13.6. The molecule has 2 aromatic heterocycles. The van der Waals surface area contributed by atoms with Crippen LogP contribution in [0.4, 0.5) is 4.39 Å². The smallest absolute Gasteiger partial charge is 0.230 e. The van der Waals surface area contributed by atoms with Crippen LogP contribution >= 0.6 is 11.8 Å². The lowest BCUT2D eigenvalue weighted by Gasteiger charge is -2.04. The number of amides is 1. The molecule has 0 aliphatic carbocycles. The topological polar surface area (TPSA) is 83.6 Å². The van der Waals surface area contributed by atoms with Crippen molar-refractivity contribution in [3.05, 3.63) is 59.9 Å². The van der Waals surface area contributed by atoms with Crippen LogP contribution in [-0.4, -0.2) is 31.8 Å². The Hall–Kier alpha value is -3.00. The number of aromatic amines is 1. The quantitative estimate of drug-likeness (QED) is 0.530. The summed E-state index contributed by atoms with van der Waals surface area (Å²) in [6, 6.07) is 14.1. The number of halogens is 1. The van der Waals surface area contributed by atoms with Gasteiger partial charge in [0.05, 0.1) is 5.75 Å². The van der Waals surface area contributed by atoms with E-state index in [9.17, 15) is 9.18 Å². The highest BCUT2D eigenvalue weighted by molar-refractivity contribution is 7.99. The highest BCUT2D eigenvalue weighted by atomic mass is 32.2. The molecule has 130 valence electrons. The number of H-pyrrole nitrogens is 1. The largest absolute Gasteiger partial charge is 0.351 e. The monoisotopic (exact) mass is 367 g/mol. The fourth-order valence-electron chi connectivity index (χ4n) is 2.57. The van der Waals surface area contributed by atoms with Crippen molar-refractivity contribution < 1.29 is 9.18 Å². The summed E-state index contributed by atoms with van der Waals surface area (Å²) < 4.78 is 13.4. The standard InChI is InChI=1S/C18H14FN5OS/c19-12-6-7-14-13(8-12)16-17(21-14)22-18(24-23-16)26-10-15(25)20-9-11-4-2-1-3-5-11/h1-8H,9-10H2,(H,20,25)(H,21,22,24). The molecule has 6 nitrogen and oxygen atoms in total. The molecule has 0 saturated heterocycles. The molecule has 0 radical (unpaired) electrons. The summed E-state index contributed by atoms with van der Waals surface area (Å²) in [6.45, 7) is 0.478. The number of nitrogens with one attached hydrogen (secondary N) is 2. The maximum absolute atomic E-state index is 13.4. The number of rotatable bonds is 5. The number of thioether (sulfide) groups is 1. The van der Waals surface area contributed by atoms with Crippen LogP contribution in [-0.2, 0) is 11.3 Å². The van der Waals surface area contributed by atoms with E-state index in [0.717, 1.165) is 11.1 Å². The lowest BCUT2D eigenvalue weighted by Crippen LogP contribution is -2.24. The van der Waals surface area contributed by atoms with Crippen LogP contribution in [0.15, 0.2) is 53.7 Å². The lowest BCUT2D eigenvalue weighted by atomic mass is 10.2. The third-order valence-electron chi connectivity index (χ3n) is 3.82. The summed E-state index contributed by atoms with van der Waals surface area (Å²) in [6.07, 6.45) is 0. The van der Waals surface area contributed by atoms with E-state index in [-0.39, 0.29) is 17.5 Å². The molecule has 26 heavy (non-hydrogen) atoms. The number of fused-ring (bicyclic) bond motifs is 3. The zero-order chi connectivity index (χ0) is 17.9. The van der Waals surface area contributed by atoms with Gasteiger partial charge in [0.15, 0.2) is 5.65 Å². The van der Waals surface area contributed by atoms with Gasteiger partial charge in [0, 0.05) is 17.4 Å². The molecule has 0 bridgehead atoms. The van der Waals surface area contributed by atoms with Gasteiger partial charge in [-0.25, -0.2) is 9.37 Å². The third kappa shape index (κ3) is 3.50. The molecular formula is C18H14FN5OS. The number of aromatic nitrogens is 4. The lowest BCUT2D eigenvalue weighted by molar-refractivity contribution is -0.118. The van der Waals surface area contributed by atoms with Crippen LogP contribution in [0.25, 0.3) is 22.1 Å². The molecule has 4 rings (SSSR count). The van der Waals surface area contributed by atoms with Gasteiger partial charge in [-0.15, -0.1) is 10.2 Å². The van der Waals surface area contributed by atoms with Crippen molar-refractivity contribution in [3.63, 3.8) is 0 Å². The molecule has 0 spiro atoms. The molecule has 8 heteroatoms. The number of hydrogen-bond donors (Lipinski definition) is 2. The Morgan fingerprint density at radius 1 is 1.15 bits per heavy atom. The van der Waals surface area contributed by atoms with Crippen molar-refractivity contribution in [3.8, 4) is 0 Å². The second kappa shape index (κ2) is 7.09. The molecule has 1 amide bonds. The summed E-state index contributed by atoms with van der Waals surface area (Å²) in [4.78, 5) is 19.4. The first-order valence-corrected chi connectivity index (χ1v) is 8.93. The van der Waals surface area contributed by atoms with Crippen LogP contribution in [0.3, 0.4) is 0 Å². The van der Waals surface area contributed by atoms with Crippen LogP contribution in [0, 0.1) is 5.82 Å². The second-order valence-corrected chi connectivity index (χ2v) is 6.60. The Morgan fingerprint density at radius 3 is 2.85 bits per heavy atom. The van der Waals surface area contributed by atoms with Gasteiger partial charge in [0.1, 0.15) is 11.3 Å². The Kier molecular flexibility index (Phi) is 4.49. The highest BCUT2D eigenvalue weighted by Crippen LogP contribution is 2.24. The Labute approximate surface area is 152 Å². The van der Waals surface area contributed by atoms with Crippen molar-refractivity contribution in [2.24, 2.45) is 0 Å². The number of nitrogens with zero attached hydrogens (tertiary/aromatic N) is 3. The van der Waals surface area contributed by atoms with Crippen LogP contribution < -0.4 is 5.32 Å². The van der Waals surface area contributed by atoms with Gasteiger partial charge >= 0.3 is 0 Å². The van der Waals surface area contributed by atoms with Crippen molar-refractivity contribution in [2.75, 3.05) is 5.75 Å². The summed E-state index contributed by atoms with van der Waals surface area (Å²) in [5.41, 5.74) is 2.81. The van der Waals surface area contributed by atoms with E-state index < -0.39 is 0 Å². The Morgan fingerprint density at radius 2 is 2.00 bits per heavy atom. The number of hydrogen-bond acceptors (Lipinski definition) is 5. The van der Waals surface area contributed by atoms with Gasteiger partial charge in [-0.2, -0.15) is 0 Å². The number of carbonyl (C=O) groups is 1. The predicted octanol–water partition coefficient (Wildman–Crippen LogP) is 3.05. The molecule has 0 unspecified atom stereocenters. The number of carbonyl (C=O) groups excluding carboxylic acids is 1. The average Bonchev–Trinajstić information content (AvgIpc) is 3.02. The van der Waals surface area contributed by atoms with Crippen LogP contribution in [0.1, 0.15) is 5.56 Å². The van der Waals surface area contributed by atoms with Gasteiger partial charge in [-0.1, -0.05) is 42.1 Å². The molecule has 4 aromatic rings. The summed E-state index contributed by atoms with van der Waals surface area (Å²) in [5.74, 6) is -0.260. The molecular weight excluding hydrogens is 353 g/mol. The minimum Gasteiger partial charge on any atom is -0.351 e. The average molecular weight is 367 g/mol. The molecule has 0 saturated carbocycles. The Balaban J connectivity index is 1.42. The molecule has 2 N–H and O–H groups in total. The van der Waals surface area contributed by atoms with E-state index in [0.29, 0.717) is 28.3 Å².